The van der Waals surface area contributed by atoms with Crippen LogP contribution in [0.5, 0.6) is 0 Å². The molecule has 1 aliphatic rings. The Labute approximate surface area is 101 Å². The fourth-order valence-electron chi connectivity index (χ4n) is 2.49. The first-order valence-corrected chi connectivity index (χ1v) is 6.72. The summed E-state index contributed by atoms with van der Waals surface area (Å²) in [6.07, 6.45) is 5.30. The van der Waals surface area contributed by atoms with Gasteiger partial charge >= 0.3 is 0 Å². The van der Waals surface area contributed by atoms with E-state index in [1.54, 1.807) is 0 Å². The zero-order valence-electron chi connectivity index (χ0n) is 11.3. The van der Waals surface area contributed by atoms with Gasteiger partial charge in [-0.25, -0.2) is 0 Å². The largest absolute Gasteiger partial charge is 0.330 e. The van der Waals surface area contributed by atoms with E-state index < -0.39 is 0 Å². The average molecular weight is 227 g/mol. The van der Waals surface area contributed by atoms with Crippen molar-refractivity contribution in [3.05, 3.63) is 0 Å². The summed E-state index contributed by atoms with van der Waals surface area (Å²) in [5.41, 5.74) is 5.62. The van der Waals surface area contributed by atoms with Gasteiger partial charge in [0.2, 0.25) is 0 Å². The van der Waals surface area contributed by atoms with E-state index in [4.69, 9.17) is 5.73 Å². The van der Waals surface area contributed by atoms with Gasteiger partial charge in [0.25, 0.3) is 0 Å². The van der Waals surface area contributed by atoms with Gasteiger partial charge in [0.15, 0.2) is 0 Å². The number of likely N-dealkylation sites (N-methyl/N-ethyl adjacent to an activating group) is 2. The molecule has 3 nitrogen and oxygen atoms in total. The van der Waals surface area contributed by atoms with Gasteiger partial charge in [0.1, 0.15) is 0 Å². The lowest BCUT2D eigenvalue weighted by Gasteiger charge is -2.26. The van der Waals surface area contributed by atoms with Crippen molar-refractivity contribution >= 4 is 0 Å². The number of hydrogen-bond acceptors (Lipinski definition) is 3. The minimum Gasteiger partial charge on any atom is -0.330 e. The zero-order valence-corrected chi connectivity index (χ0v) is 11.3. The molecule has 2 N–H and O–H groups in total. The smallest absolute Gasteiger partial charge is 0.0220 e. The van der Waals surface area contributed by atoms with Crippen LogP contribution in [-0.4, -0.2) is 56.1 Å². The highest BCUT2D eigenvalue weighted by molar-refractivity contribution is 4.78. The highest BCUT2D eigenvalue weighted by atomic mass is 15.2. The van der Waals surface area contributed by atoms with Crippen LogP contribution in [0.3, 0.4) is 0 Å². The maximum Gasteiger partial charge on any atom is 0.0220 e. The van der Waals surface area contributed by atoms with Crippen LogP contribution in [0.4, 0.5) is 0 Å². The molecule has 2 atom stereocenters. The number of rotatable bonds is 7. The van der Waals surface area contributed by atoms with E-state index in [1.807, 2.05) is 0 Å². The second-order valence-electron chi connectivity index (χ2n) is 5.52. The molecule has 3 heteroatoms. The summed E-state index contributed by atoms with van der Waals surface area (Å²) < 4.78 is 0. The van der Waals surface area contributed by atoms with Crippen molar-refractivity contribution in [1.29, 1.82) is 0 Å². The Bertz CT molecular complexity index is 184. The molecule has 1 rings (SSSR count). The molecule has 0 amide bonds. The monoisotopic (exact) mass is 227 g/mol. The van der Waals surface area contributed by atoms with Gasteiger partial charge in [-0.15, -0.1) is 0 Å². The Morgan fingerprint density at radius 2 is 2.25 bits per heavy atom. The first kappa shape index (κ1) is 13.9. The molecular formula is C13H29N3. The Morgan fingerprint density at radius 1 is 1.50 bits per heavy atom. The molecule has 0 spiro atoms. The maximum absolute atomic E-state index is 5.62. The summed E-state index contributed by atoms with van der Waals surface area (Å²) in [5.74, 6) is 0.683. The van der Waals surface area contributed by atoms with Gasteiger partial charge in [-0.2, -0.15) is 0 Å². The van der Waals surface area contributed by atoms with Gasteiger partial charge < -0.3 is 15.5 Å². The Balaban J connectivity index is 2.08. The highest BCUT2D eigenvalue weighted by Gasteiger charge is 2.21. The lowest BCUT2D eigenvalue weighted by atomic mass is 10.1. The summed E-state index contributed by atoms with van der Waals surface area (Å²) in [7, 11) is 4.50. The fourth-order valence-corrected chi connectivity index (χ4v) is 2.49. The first-order chi connectivity index (χ1) is 7.63. The Morgan fingerprint density at radius 3 is 2.81 bits per heavy atom. The van der Waals surface area contributed by atoms with Gasteiger partial charge in [-0.3, -0.25) is 0 Å². The summed E-state index contributed by atoms with van der Waals surface area (Å²) >= 11 is 0. The van der Waals surface area contributed by atoms with E-state index in [1.165, 1.54) is 45.3 Å². The molecule has 1 heterocycles. The molecule has 0 saturated carbocycles. The third-order valence-corrected chi connectivity index (χ3v) is 3.83. The molecule has 1 fully saturated rings. The van der Waals surface area contributed by atoms with Crippen molar-refractivity contribution in [3.8, 4) is 0 Å². The summed E-state index contributed by atoms with van der Waals surface area (Å²) in [6.45, 7) is 6.80. The molecule has 0 bridgehead atoms. The fraction of sp³-hybridized carbons (Fsp3) is 1.00. The van der Waals surface area contributed by atoms with Gasteiger partial charge in [-0.05, 0) is 65.3 Å². The number of hydrogen-bond donors (Lipinski definition) is 1. The van der Waals surface area contributed by atoms with Gasteiger partial charge in [-0.1, -0.05) is 6.92 Å². The predicted molar refractivity (Wildman–Crippen MR) is 70.6 cm³/mol. The van der Waals surface area contributed by atoms with E-state index in [0.717, 1.165) is 12.6 Å². The third kappa shape index (κ3) is 4.81. The van der Waals surface area contributed by atoms with Crippen molar-refractivity contribution in [1.82, 2.24) is 9.80 Å². The maximum atomic E-state index is 5.62. The normalized spacial score (nSPS) is 24.2. The molecule has 0 aromatic heterocycles. The van der Waals surface area contributed by atoms with Crippen LogP contribution in [0.2, 0.25) is 0 Å². The molecule has 96 valence electrons. The van der Waals surface area contributed by atoms with Crippen LogP contribution in [0.25, 0.3) is 0 Å². The Kier molecular flexibility index (Phi) is 6.32. The van der Waals surface area contributed by atoms with Crippen molar-refractivity contribution in [2.24, 2.45) is 11.7 Å². The van der Waals surface area contributed by atoms with Crippen LogP contribution in [0.1, 0.15) is 32.6 Å². The van der Waals surface area contributed by atoms with Crippen LogP contribution in [-0.2, 0) is 0 Å². The first-order valence-electron chi connectivity index (χ1n) is 6.72. The van der Waals surface area contributed by atoms with E-state index in [-0.39, 0.29) is 0 Å². The minimum atomic E-state index is 0.683. The Hall–Kier alpha value is -0.120. The summed E-state index contributed by atoms with van der Waals surface area (Å²) in [5, 5.41) is 0. The number of nitrogens with two attached hydrogens (primary N) is 1. The molecule has 2 unspecified atom stereocenters. The predicted octanol–water partition coefficient (Wildman–Crippen LogP) is 1.39. The molecule has 0 aliphatic carbocycles. The number of likely N-dealkylation sites (tertiary alicyclic amines) is 1. The van der Waals surface area contributed by atoms with E-state index in [2.05, 4.69) is 30.8 Å². The topological polar surface area (TPSA) is 32.5 Å². The molecule has 1 aliphatic heterocycles. The molecular weight excluding hydrogens is 198 g/mol. The highest BCUT2D eigenvalue weighted by Crippen LogP contribution is 2.15. The lowest BCUT2D eigenvalue weighted by molar-refractivity contribution is 0.216. The van der Waals surface area contributed by atoms with Crippen molar-refractivity contribution in [3.63, 3.8) is 0 Å². The van der Waals surface area contributed by atoms with Crippen LogP contribution in [0, 0.1) is 5.92 Å². The van der Waals surface area contributed by atoms with E-state index in [9.17, 15) is 0 Å². The van der Waals surface area contributed by atoms with E-state index in [0.29, 0.717) is 5.92 Å². The van der Waals surface area contributed by atoms with Crippen molar-refractivity contribution in [2.75, 3.05) is 40.3 Å². The summed E-state index contributed by atoms with van der Waals surface area (Å²) in [6, 6.07) is 0.789. The molecule has 0 radical (unpaired) electrons. The standard InChI is InChI=1S/C13H29N3/c1-12(10-14)6-4-8-15(2)11-13-7-5-9-16(13)3/h12-13H,4-11,14H2,1-3H3. The van der Waals surface area contributed by atoms with Crippen molar-refractivity contribution < 1.29 is 0 Å². The SMILES string of the molecule is CC(CN)CCCN(C)CC1CCCN1C. The quantitative estimate of drug-likeness (QED) is 0.713. The third-order valence-electron chi connectivity index (χ3n) is 3.83. The number of nitrogens with zero attached hydrogens (tertiary/aromatic N) is 2. The molecule has 1 saturated heterocycles. The molecule has 16 heavy (non-hydrogen) atoms. The minimum absolute atomic E-state index is 0.683. The van der Waals surface area contributed by atoms with E-state index >= 15 is 0 Å². The van der Waals surface area contributed by atoms with Crippen LogP contribution < -0.4 is 5.73 Å². The van der Waals surface area contributed by atoms with Crippen LogP contribution >= 0.6 is 0 Å². The zero-order chi connectivity index (χ0) is 12.0. The second-order valence-corrected chi connectivity index (χ2v) is 5.52. The molecule has 0 aromatic carbocycles. The van der Waals surface area contributed by atoms with Gasteiger partial charge in [0, 0.05) is 12.6 Å². The lowest BCUT2D eigenvalue weighted by Crippen LogP contribution is -2.37. The summed E-state index contributed by atoms with van der Waals surface area (Å²) in [4.78, 5) is 4.98. The molecule has 0 aromatic rings. The van der Waals surface area contributed by atoms with Gasteiger partial charge in [0.05, 0.1) is 0 Å². The second kappa shape index (κ2) is 7.25. The van der Waals surface area contributed by atoms with Crippen LogP contribution in [0.15, 0.2) is 0 Å². The van der Waals surface area contributed by atoms with Crippen molar-refractivity contribution in [2.45, 2.75) is 38.6 Å². The average Bonchev–Trinajstić information content (AvgIpc) is 2.64.